The Hall–Kier alpha value is -2.16. The largest absolute Gasteiger partial charge is 0.493 e. The second-order valence-electron chi connectivity index (χ2n) is 6.52. The van der Waals surface area contributed by atoms with Crippen molar-refractivity contribution in [3.8, 4) is 17.2 Å². The molecule has 3 nitrogen and oxygen atoms in total. The van der Waals surface area contributed by atoms with E-state index in [4.69, 9.17) is 14.6 Å². The highest BCUT2D eigenvalue weighted by Crippen LogP contribution is 2.25. The summed E-state index contributed by atoms with van der Waals surface area (Å²) in [7, 11) is -0.440. The third-order valence-corrected chi connectivity index (χ3v) is 3.84. The first-order valence-corrected chi connectivity index (χ1v) is 7.52. The Labute approximate surface area is 135 Å². The highest BCUT2D eigenvalue weighted by atomic mass is 19.1. The third-order valence-electron chi connectivity index (χ3n) is 3.84. The van der Waals surface area contributed by atoms with Gasteiger partial charge in [-0.3, -0.25) is 0 Å². The van der Waals surface area contributed by atoms with Gasteiger partial charge in [-0.25, -0.2) is 4.39 Å². The van der Waals surface area contributed by atoms with Gasteiger partial charge in [-0.15, -0.1) is 0 Å². The second kappa shape index (κ2) is 6.15. The number of hydrogen-bond acceptors (Lipinski definition) is 3. The van der Waals surface area contributed by atoms with Crippen LogP contribution in [0.3, 0.4) is 0 Å². The summed E-state index contributed by atoms with van der Waals surface area (Å²) in [6.07, 6.45) is 0. The molecule has 0 unspecified atom stereocenters. The predicted molar refractivity (Wildman–Crippen MR) is 87.6 cm³/mol. The summed E-state index contributed by atoms with van der Waals surface area (Å²) in [6, 6.07) is 14.1. The molecule has 5 heteroatoms. The lowest BCUT2D eigenvalue weighted by Gasteiger charge is -2.33. The summed E-state index contributed by atoms with van der Waals surface area (Å²) in [5.74, 6) is -0.501. The van der Waals surface area contributed by atoms with Crippen molar-refractivity contribution in [1.82, 2.24) is 0 Å². The van der Waals surface area contributed by atoms with Crippen molar-refractivity contribution in [3.05, 3.63) is 53.8 Å². The van der Waals surface area contributed by atoms with Gasteiger partial charge in [0.25, 0.3) is 0 Å². The minimum Gasteiger partial charge on any atom is -0.407 e. The third kappa shape index (κ3) is 3.29. The van der Waals surface area contributed by atoms with Crippen molar-refractivity contribution in [2.75, 3.05) is 13.2 Å². The van der Waals surface area contributed by atoms with Crippen molar-refractivity contribution >= 4 is 12.6 Å². The van der Waals surface area contributed by atoms with Crippen LogP contribution in [0.5, 0.6) is 0 Å². The molecule has 1 saturated heterocycles. The average molecular weight is 309 g/mol. The van der Waals surface area contributed by atoms with Gasteiger partial charge in [0.2, 0.25) is 0 Å². The number of benzene rings is 2. The number of rotatable bonds is 2. The summed E-state index contributed by atoms with van der Waals surface area (Å²) < 4.78 is 25.9. The number of halogens is 1. The van der Waals surface area contributed by atoms with E-state index in [9.17, 15) is 4.39 Å². The molecule has 0 atom stereocenters. The molecule has 116 valence electrons. The van der Waals surface area contributed by atoms with Crippen molar-refractivity contribution in [2.45, 2.75) is 13.8 Å². The zero-order valence-electron chi connectivity index (χ0n) is 13.2. The molecule has 1 aliphatic rings. The SMILES string of the molecule is CC1(C)COB(c2cccc(-c3cccc(C#N)c3F)c2)OC1. The van der Waals surface area contributed by atoms with Crippen LogP contribution in [-0.4, -0.2) is 20.3 Å². The Morgan fingerprint density at radius 1 is 1.13 bits per heavy atom. The molecule has 2 aromatic rings. The Morgan fingerprint density at radius 3 is 2.52 bits per heavy atom. The molecule has 0 radical (unpaired) electrons. The second-order valence-corrected chi connectivity index (χ2v) is 6.52. The maximum Gasteiger partial charge on any atom is 0.493 e. The number of nitrogens with zero attached hydrogens (tertiary/aromatic N) is 1. The maximum absolute atomic E-state index is 14.3. The first-order chi connectivity index (χ1) is 11.0. The van der Waals surface area contributed by atoms with E-state index >= 15 is 0 Å². The van der Waals surface area contributed by atoms with E-state index in [0.717, 1.165) is 5.46 Å². The average Bonchev–Trinajstić information content (AvgIpc) is 2.55. The zero-order valence-corrected chi connectivity index (χ0v) is 13.2. The molecule has 0 amide bonds. The van der Waals surface area contributed by atoms with Crippen LogP contribution in [0.1, 0.15) is 19.4 Å². The van der Waals surface area contributed by atoms with Crippen LogP contribution in [0.2, 0.25) is 0 Å². The van der Waals surface area contributed by atoms with Gasteiger partial charge in [-0.05, 0) is 17.1 Å². The molecule has 1 aliphatic heterocycles. The van der Waals surface area contributed by atoms with E-state index in [1.54, 1.807) is 12.1 Å². The first-order valence-electron chi connectivity index (χ1n) is 7.52. The van der Waals surface area contributed by atoms with E-state index in [2.05, 4.69) is 13.8 Å². The van der Waals surface area contributed by atoms with Gasteiger partial charge in [0.1, 0.15) is 11.9 Å². The standard InChI is InChI=1S/C18H17BFNO2/c1-18(2)11-22-19(23-12-18)15-7-3-5-13(9-15)16-8-4-6-14(10-21)17(16)20/h3-9H,11-12H2,1-2H3. The molecule has 3 rings (SSSR count). The summed E-state index contributed by atoms with van der Waals surface area (Å²) in [5.41, 5.74) is 2.00. The monoisotopic (exact) mass is 309 g/mol. The Morgan fingerprint density at radius 2 is 1.83 bits per heavy atom. The number of hydrogen-bond donors (Lipinski definition) is 0. The predicted octanol–water partition coefficient (Wildman–Crippen LogP) is 3.13. The van der Waals surface area contributed by atoms with Crippen molar-refractivity contribution in [1.29, 1.82) is 5.26 Å². The lowest BCUT2D eigenvalue weighted by molar-refractivity contribution is 0.0343. The van der Waals surface area contributed by atoms with Gasteiger partial charge >= 0.3 is 7.12 Å². The van der Waals surface area contributed by atoms with Crippen LogP contribution in [-0.2, 0) is 9.31 Å². The van der Waals surface area contributed by atoms with E-state index in [0.29, 0.717) is 24.3 Å². The summed E-state index contributed by atoms with van der Waals surface area (Å²) in [6.45, 7) is 5.39. The maximum atomic E-state index is 14.3. The Kier molecular flexibility index (Phi) is 4.21. The van der Waals surface area contributed by atoms with E-state index in [1.807, 2.05) is 30.3 Å². The Bertz CT molecular complexity index is 760. The molecule has 0 saturated carbocycles. The normalized spacial score (nSPS) is 16.9. The van der Waals surface area contributed by atoms with Gasteiger partial charge in [0.05, 0.1) is 5.56 Å². The molecule has 0 aromatic heterocycles. The van der Waals surface area contributed by atoms with Crippen LogP contribution in [0.4, 0.5) is 4.39 Å². The zero-order chi connectivity index (χ0) is 16.4. The molecule has 2 aromatic carbocycles. The fourth-order valence-corrected chi connectivity index (χ4v) is 2.58. The summed E-state index contributed by atoms with van der Waals surface area (Å²) in [4.78, 5) is 0. The Balaban J connectivity index is 1.91. The smallest absolute Gasteiger partial charge is 0.407 e. The van der Waals surface area contributed by atoms with Crippen LogP contribution in [0.25, 0.3) is 11.1 Å². The van der Waals surface area contributed by atoms with Crippen LogP contribution in [0.15, 0.2) is 42.5 Å². The van der Waals surface area contributed by atoms with Gasteiger partial charge in [0.15, 0.2) is 0 Å². The highest BCUT2D eigenvalue weighted by molar-refractivity contribution is 6.61. The molecule has 23 heavy (non-hydrogen) atoms. The van der Waals surface area contributed by atoms with Crippen molar-refractivity contribution < 1.29 is 13.7 Å². The summed E-state index contributed by atoms with van der Waals surface area (Å²) >= 11 is 0. The lowest BCUT2D eigenvalue weighted by atomic mass is 9.75. The minimum absolute atomic E-state index is 0.00133. The highest BCUT2D eigenvalue weighted by Gasteiger charge is 2.33. The molecule has 0 bridgehead atoms. The van der Waals surface area contributed by atoms with Gasteiger partial charge in [0, 0.05) is 24.2 Å². The van der Waals surface area contributed by atoms with Crippen LogP contribution in [0, 0.1) is 22.6 Å². The minimum atomic E-state index is -0.501. The molecule has 0 aliphatic carbocycles. The van der Waals surface area contributed by atoms with Gasteiger partial charge < -0.3 is 9.31 Å². The molecule has 1 fully saturated rings. The fourth-order valence-electron chi connectivity index (χ4n) is 2.58. The van der Waals surface area contributed by atoms with E-state index in [-0.39, 0.29) is 11.0 Å². The summed E-state index contributed by atoms with van der Waals surface area (Å²) in [5, 5.41) is 8.97. The quantitative estimate of drug-likeness (QED) is 0.800. The molecule has 0 spiro atoms. The van der Waals surface area contributed by atoms with Crippen molar-refractivity contribution in [2.24, 2.45) is 5.41 Å². The topological polar surface area (TPSA) is 42.2 Å². The lowest BCUT2D eigenvalue weighted by Crippen LogP contribution is -2.47. The molecule has 0 N–H and O–H groups in total. The van der Waals surface area contributed by atoms with Gasteiger partial charge in [-0.1, -0.05) is 50.2 Å². The van der Waals surface area contributed by atoms with Crippen molar-refractivity contribution in [3.63, 3.8) is 0 Å². The van der Waals surface area contributed by atoms with E-state index < -0.39 is 12.9 Å². The fraction of sp³-hybridized carbons (Fsp3) is 0.278. The van der Waals surface area contributed by atoms with Crippen LogP contribution < -0.4 is 5.46 Å². The molecular formula is C18H17BFNO2. The van der Waals surface area contributed by atoms with E-state index in [1.165, 1.54) is 6.07 Å². The first kappa shape index (κ1) is 15.7. The van der Waals surface area contributed by atoms with Gasteiger partial charge in [-0.2, -0.15) is 5.26 Å². The van der Waals surface area contributed by atoms with Crippen LogP contribution >= 0.6 is 0 Å². The molecule has 1 heterocycles. The molecular weight excluding hydrogens is 292 g/mol. The number of nitriles is 1.